The molecule has 3 aliphatic rings. The molecule has 6 heteroatoms. The van der Waals surface area contributed by atoms with Crippen molar-refractivity contribution in [1.29, 1.82) is 0 Å². The third-order valence-corrected chi connectivity index (χ3v) is 6.20. The number of rotatable bonds is 2. The van der Waals surface area contributed by atoms with E-state index < -0.39 is 0 Å². The van der Waals surface area contributed by atoms with Crippen LogP contribution in [0.25, 0.3) is 0 Å². The third kappa shape index (κ3) is 2.99. The van der Waals surface area contributed by atoms with Crippen molar-refractivity contribution in [3.8, 4) is 0 Å². The first kappa shape index (κ1) is 16.7. The molecule has 1 aromatic rings. The molecule has 0 radical (unpaired) electrons. The van der Waals surface area contributed by atoms with Gasteiger partial charge in [-0.2, -0.15) is 0 Å². The second-order valence-corrected chi connectivity index (χ2v) is 7.89. The second-order valence-electron chi connectivity index (χ2n) is 7.49. The summed E-state index contributed by atoms with van der Waals surface area (Å²) in [4.78, 5) is 31.1. The molecule has 5 nitrogen and oxygen atoms in total. The summed E-state index contributed by atoms with van der Waals surface area (Å²) in [6.45, 7) is 4.04. The lowest BCUT2D eigenvalue weighted by molar-refractivity contribution is -0.137. The molecule has 0 aliphatic carbocycles. The molecule has 25 heavy (non-hydrogen) atoms. The van der Waals surface area contributed by atoms with Crippen LogP contribution >= 0.6 is 11.6 Å². The van der Waals surface area contributed by atoms with Gasteiger partial charge in [0.2, 0.25) is 5.91 Å². The van der Waals surface area contributed by atoms with Gasteiger partial charge < -0.3 is 14.7 Å². The summed E-state index contributed by atoms with van der Waals surface area (Å²) >= 11 is 6.45. The number of amides is 2. The fourth-order valence-electron chi connectivity index (χ4n) is 4.40. The Balaban J connectivity index is 1.50. The molecule has 3 heterocycles. The predicted octanol–water partition coefficient (Wildman–Crippen LogP) is 2.49. The summed E-state index contributed by atoms with van der Waals surface area (Å²) in [7, 11) is 1.85. The van der Waals surface area contributed by atoms with E-state index in [1.54, 1.807) is 11.0 Å². The molecule has 0 aromatic heterocycles. The number of benzene rings is 1. The molecule has 1 aromatic carbocycles. The van der Waals surface area contributed by atoms with Gasteiger partial charge in [0.1, 0.15) is 0 Å². The molecule has 3 saturated heterocycles. The van der Waals surface area contributed by atoms with Crippen LogP contribution < -0.4 is 4.90 Å². The van der Waals surface area contributed by atoms with E-state index in [9.17, 15) is 9.59 Å². The fraction of sp³-hybridized carbons (Fsp3) is 0.579. The standard InChI is InChI=1S/C19H24ClN3O2/c1-21-9-6-14-11-23(12-15(14)19(21)25)18(24)13-4-5-17(16(20)10-13)22-7-2-3-8-22/h4-5,10,14-15H,2-3,6-9,11-12H2,1H3/t14-,15+/m1/s1. The summed E-state index contributed by atoms with van der Waals surface area (Å²) in [6, 6.07) is 5.62. The number of piperidine rings is 1. The first-order valence-corrected chi connectivity index (χ1v) is 9.51. The largest absolute Gasteiger partial charge is 0.370 e. The summed E-state index contributed by atoms with van der Waals surface area (Å²) in [5.74, 6) is 0.419. The van der Waals surface area contributed by atoms with Crippen LogP contribution in [0.5, 0.6) is 0 Å². The minimum absolute atomic E-state index is 0.0141. The Morgan fingerprint density at radius 3 is 2.64 bits per heavy atom. The zero-order chi connectivity index (χ0) is 17.6. The Morgan fingerprint density at radius 2 is 1.92 bits per heavy atom. The van der Waals surface area contributed by atoms with Crippen molar-refractivity contribution in [3.05, 3.63) is 28.8 Å². The van der Waals surface area contributed by atoms with Gasteiger partial charge >= 0.3 is 0 Å². The van der Waals surface area contributed by atoms with Crippen molar-refractivity contribution in [3.63, 3.8) is 0 Å². The van der Waals surface area contributed by atoms with Crippen molar-refractivity contribution >= 4 is 29.1 Å². The quantitative estimate of drug-likeness (QED) is 0.813. The van der Waals surface area contributed by atoms with Gasteiger partial charge in [-0.05, 0) is 43.4 Å². The number of halogens is 1. The highest BCUT2D eigenvalue weighted by atomic mass is 35.5. The number of nitrogens with zero attached hydrogens (tertiary/aromatic N) is 3. The van der Waals surface area contributed by atoms with Crippen LogP contribution in [0.15, 0.2) is 18.2 Å². The minimum Gasteiger partial charge on any atom is -0.370 e. The fourth-order valence-corrected chi connectivity index (χ4v) is 4.70. The normalized spacial score (nSPS) is 26.3. The van der Waals surface area contributed by atoms with Gasteiger partial charge in [0, 0.05) is 45.3 Å². The maximum Gasteiger partial charge on any atom is 0.253 e. The minimum atomic E-state index is -0.0398. The Bertz CT molecular complexity index is 702. The van der Waals surface area contributed by atoms with Gasteiger partial charge in [0.25, 0.3) is 5.91 Å². The van der Waals surface area contributed by atoms with E-state index in [-0.39, 0.29) is 17.7 Å². The van der Waals surface area contributed by atoms with E-state index in [1.165, 1.54) is 12.8 Å². The molecule has 0 N–H and O–H groups in total. The lowest BCUT2D eigenvalue weighted by atomic mass is 9.88. The Morgan fingerprint density at radius 1 is 1.16 bits per heavy atom. The number of anilines is 1. The van der Waals surface area contributed by atoms with Gasteiger partial charge in [0.05, 0.1) is 16.6 Å². The molecule has 2 atom stereocenters. The summed E-state index contributed by atoms with van der Waals surface area (Å²) in [6.07, 6.45) is 3.36. The van der Waals surface area contributed by atoms with Crippen LogP contribution in [0.3, 0.4) is 0 Å². The van der Waals surface area contributed by atoms with E-state index in [0.717, 1.165) is 31.7 Å². The van der Waals surface area contributed by atoms with Crippen LogP contribution in [0.4, 0.5) is 5.69 Å². The van der Waals surface area contributed by atoms with Crippen LogP contribution in [-0.2, 0) is 4.79 Å². The number of carbonyl (C=O) groups excluding carboxylic acids is 2. The Kier molecular flexibility index (Phi) is 4.36. The lowest BCUT2D eigenvalue weighted by Gasteiger charge is -2.30. The van der Waals surface area contributed by atoms with Gasteiger partial charge in [-0.25, -0.2) is 0 Å². The van der Waals surface area contributed by atoms with Crippen LogP contribution in [0.2, 0.25) is 5.02 Å². The van der Waals surface area contributed by atoms with E-state index in [0.29, 0.717) is 29.6 Å². The summed E-state index contributed by atoms with van der Waals surface area (Å²) < 4.78 is 0. The highest BCUT2D eigenvalue weighted by Crippen LogP contribution is 2.34. The number of hydrogen-bond donors (Lipinski definition) is 0. The van der Waals surface area contributed by atoms with Gasteiger partial charge in [-0.15, -0.1) is 0 Å². The average Bonchev–Trinajstić information content (AvgIpc) is 3.27. The second kappa shape index (κ2) is 6.52. The SMILES string of the molecule is CN1CC[C@@H]2CN(C(=O)c3ccc(N4CCCC4)c(Cl)c3)C[C@@H]2C1=O. The summed E-state index contributed by atoms with van der Waals surface area (Å²) in [5.41, 5.74) is 1.63. The Hall–Kier alpha value is -1.75. The summed E-state index contributed by atoms with van der Waals surface area (Å²) in [5, 5.41) is 0.639. The molecule has 3 aliphatic heterocycles. The van der Waals surface area contributed by atoms with E-state index >= 15 is 0 Å². The smallest absolute Gasteiger partial charge is 0.253 e. The maximum atomic E-state index is 12.9. The van der Waals surface area contributed by atoms with E-state index in [4.69, 9.17) is 11.6 Å². The molecule has 4 rings (SSSR count). The first-order chi connectivity index (χ1) is 12.0. The Labute approximate surface area is 153 Å². The van der Waals surface area contributed by atoms with Crippen molar-refractivity contribution in [1.82, 2.24) is 9.80 Å². The van der Waals surface area contributed by atoms with Crippen molar-refractivity contribution < 1.29 is 9.59 Å². The number of likely N-dealkylation sites (tertiary alicyclic amines) is 2. The molecule has 2 amide bonds. The van der Waals surface area contributed by atoms with E-state index in [2.05, 4.69) is 4.90 Å². The topological polar surface area (TPSA) is 43.9 Å². The van der Waals surface area contributed by atoms with Crippen molar-refractivity contribution in [2.75, 3.05) is 44.7 Å². The third-order valence-electron chi connectivity index (χ3n) is 5.90. The monoisotopic (exact) mass is 361 g/mol. The zero-order valence-electron chi connectivity index (χ0n) is 14.6. The van der Waals surface area contributed by atoms with Crippen molar-refractivity contribution in [2.24, 2.45) is 11.8 Å². The highest BCUT2D eigenvalue weighted by Gasteiger charge is 2.43. The highest BCUT2D eigenvalue weighted by molar-refractivity contribution is 6.33. The van der Waals surface area contributed by atoms with Gasteiger partial charge in [0.15, 0.2) is 0 Å². The molecule has 0 spiro atoms. The lowest BCUT2D eigenvalue weighted by Crippen LogP contribution is -2.42. The molecular weight excluding hydrogens is 338 g/mol. The number of carbonyl (C=O) groups is 2. The predicted molar refractivity (Wildman–Crippen MR) is 98.0 cm³/mol. The van der Waals surface area contributed by atoms with Crippen molar-refractivity contribution in [2.45, 2.75) is 19.3 Å². The van der Waals surface area contributed by atoms with Crippen LogP contribution in [-0.4, -0.2) is 61.4 Å². The number of fused-ring (bicyclic) bond motifs is 1. The molecule has 0 unspecified atom stereocenters. The first-order valence-electron chi connectivity index (χ1n) is 9.13. The van der Waals surface area contributed by atoms with Crippen LogP contribution in [0.1, 0.15) is 29.6 Å². The molecule has 134 valence electrons. The van der Waals surface area contributed by atoms with E-state index in [1.807, 2.05) is 24.1 Å². The molecular formula is C19H24ClN3O2. The maximum absolute atomic E-state index is 12.9. The molecule has 0 bridgehead atoms. The zero-order valence-corrected chi connectivity index (χ0v) is 15.3. The molecule has 3 fully saturated rings. The average molecular weight is 362 g/mol. The van der Waals surface area contributed by atoms with Crippen LogP contribution in [0, 0.1) is 11.8 Å². The van der Waals surface area contributed by atoms with Gasteiger partial charge in [-0.1, -0.05) is 11.6 Å². The van der Waals surface area contributed by atoms with Gasteiger partial charge in [-0.3, -0.25) is 9.59 Å². The molecule has 0 saturated carbocycles. The number of hydrogen-bond acceptors (Lipinski definition) is 3.